The van der Waals surface area contributed by atoms with Gasteiger partial charge >= 0.3 is 0 Å². The average Bonchev–Trinajstić information content (AvgIpc) is 3.14. The van der Waals surface area contributed by atoms with Gasteiger partial charge < -0.3 is 53.2 Å². The zero-order valence-corrected chi connectivity index (χ0v) is 36.4. The van der Waals surface area contributed by atoms with E-state index in [2.05, 4.69) is 53.2 Å². The summed E-state index contributed by atoms with van der Waals surface area (Å²) in [6, 6.07) is -1.27. The number of nitrogens with one attached hydrogen (secondary N) is 10. The van der Waals surface area contributed by atoms with Gasteiger partial charge in [-0.25, -0.2) is 0 Å². The largest absolute Gasteiger partial charge is 0.353 e. The number of Topliss-reactive ketones (excluding diaryl/α,β-unsaturated/α-hetero) is 1. The number of amides is 4. The number of carbonyl (C=O) groups is 5. The summed E-state index contributed by atoms with van der Waals surface area (Å²) in [6.07, 6.45) is 12.7. The van der Waals surface area contributed by atoms with Crippen LogP contribution < -0.4 is 53.2 Å². The van der Waals surface area contributed by atoms with Crippen LogP contribution in [0.3, 0.4) is 0 Å². The van der Waals surface area contributed by atoms with Gasteiger partial charge in [-0.2, -0.15) is 0 Å². The molecule has 0 fully saturated rings. The van der Waals surface area contributed by atoms with E-state index in [0.29, 0.717) is 32.1 Å². The van der Waals surface area contributed by atoms with Crippen LogP contribution in [0.15, 0.2) is 0 Å². The second kappa shape index (κ2) is 36.6. The first-order chi connectivity index (χ1) is 27.0. The molecule has 0 aromatic heterocycles. The van der Waals surface area contributed by atoms with Crippen molar-refractivity contribution in [1.82, 2.24) is 53.2 Å². The Morgan fingerprint density at radius 3 is 0.875 bits per heavy atom. The van der Waals surface area contributed by atoms with Gasteiger partial charge in [-0.3, -0.25) is 24.0 Å². The molecule has 0 bridgehead atoms. The van der Waals surface area contributed by atoms with E-state index >= 15 is 0 Å². The van der Waals surface area contributed by atoms with Crippen LogP contribution in [0.5, 0.6) is 0 Å². The Morgan fingerprint density at radius 1 is 0.339 bits per heavy atom. The molecule has 0 aromatic rings. The summed E-state index contributed by atoms with van der Waals surface area (Å²) in [7, 11) is 11.4. The van der Waals surface area contributed by atoms with Crippen molar-refractivity contribution < 1.29 is 24.0 Å². The molecule has 5 atom stereocenters. The third kappa shape index (κ3) is 31.4. The Morgan fingerprint density at radius 2 is 0.589 bits per heavy atom. The van der Waals surface area contributed by atoms with Gasteiger partial charge in [-0.1, -0.05) is 25.7 Å². The van der Waals surface area contributed by atoms with E-state index in [9.17, 15) is 24.0 Å². The molecule has 56 heavy (non-hydrogen) atoms. The first kappa shape index (κ1) is 53.3. The summed E-state index contributed by atoms with van der Waals surface area (Å²) >= 11 is 0. The molecule has 0 heterocycles. The predicted octanol–water partition coefficient (Wildman–Crippen LogP) is 1.61. The molecule has 15 nitrogen and oxygen atoms in total. The number of hydrogen-bond donors (Lipinski definition) is 10. The van der Waals surface area contributed by atoms with Crippen molar-refractivity contribution in [3.05, 3.63) is 0 Å². The Balaban J connectivity index is 5.72. The topological polar surface area (TPSA) is 206 Å². The van der Waals surface area contributed by atoms with E-state index in [0.717, 1.165) is 96.9 Å². The lowest BCUT2D eigenvalue weighted by molar-refractivity contribution is -0.125. The van der Waals surface area contributed by atoms with Crippen molar-refractivity contribution in [3.63, 3.8) is 0 Å². The molecule has 10 N–H and O–H groups in total. The van der Waals surface area contributed by atoms with Crippen LogP contribution in [0.1, 0.15) is 129 Å². The lowest BCUT2D eigenvalue weighted by Crippen LogP contribution is -2.46. The fourth-order valence-corrected chi connectivity index (χ4v) is 6.93. The summed E-state index contributed by atoms with van der Waals surface area (Å²) in [5.41, 5.74) is 0. The van der Waals surface area contributed by atoms with E-state index in [1.807, 2.05) is 42.3 Å². The minimum absolute atomic E-state index is 0.0238. The molecule has 0 spiro atoms. The number of ketones is 1. The van der Waals surface area contributed by atoms with Gasteiger partial charge in [-0.15, -0.1) is 0 Å². The number of unbranched alkanes of at least 4 members (excludes halogenated alkanes) is 4. The average molecular weight is 797 g/mol. The molecule has 0 radical (unpaired) electrons. The van der Waals surface area contributed by atoms with Gasteiger partial charge in [0.1, 0.15) is 5.78 Å². The highest BCUT2D eigenvalue weighted by atomic mass is 16.2. The van der Waals surface area contributed by atoms with Gasteiger partial charge in [0.15, 0.2) is 0 Å². The SMILES string of the molecule is CNCCCCC(CC(=O)NC(CCCCNC)CC(=O)NC(CCCCNC)CC(=O)NC(CCCCNC)CC(=O)NC(CCCNC)CC(C)=O)NC. The highest BCUT2D eigenvalue weighted by Crippen LogP contribution is 2.13. The number of carbonyl (C=O) groups excluding carboxylic acids is 5. The van der Waals surface area contributed by atoms with E-state index in [4.69, 9.17) is 0 Å². The fraction of sp³-hybridized carbons (Fsp3) is 0.878. The molecule has 0 rings (SSSR count). The van der Waals surface area contributed by atoms with Crippen LogP contribution in [-0.4, -0.2) is 135 Å². The van der Waals surface area contributed by atoms with E-state index in [-0.39, 0.29) is 79.3 Å². The van der Waals surface area contributed by atoms with Crippen molar-refractivity contribution >= 4 is 29.4 Å². The van der Waals surface area contributed by atoms with Gasteiger partial charge in [0, 0.05) is 62.3 Å². The van der Waals surface area contributed by atoms with Crippen LogP contribution in [0.4, 0.5) is 0 Å². The molecule has 0 aliphatic rings. The minimum Gasteiger partial charge on any atom is -0.353 e. The molecule has 4 amide bonds. The van der Waals surface area contributed by atoms with E-state index in [1.54, 1.807) is 0 Å². The highest BCUT2D eigenvalue weighted by Gasteiger charge is 2.24. The Hall–Kier alpha value is -2.69. The fourth-order valence-electron chi connectivity index (χ4n) is 6.93. The van der Waals surface area contributed by atoms with Gasteiger partial charge in [0.25, 0.3) is 0 Å². The molecule has 328 valence electrons. The Bertz CT molecular complexity index is 1040. The second-order valence-electron chi connectivity index (χ2n) is 15.4. The first-order valence-corrected chi connectivity index (χ1v) is 21.6. The van der Waals surface area contributed by atoms with Crippen LogP contribution in [0.2, 0.25) is 0 Å². The standard InChI is InChI=1S/C41H84N10O5/c1-32(52)27-34(21-16-26-46-6)48-39(54)29-36(19-10-14-24-44-4)50-41(56)31-37(20-11-15-25-45-5)51-40(55)30-35(18-9-13-23-43-3)49-38(53)28-33(47-7)17-8-12-22-42-2/h33-37,42-47H,8-31H2,1-7H3,(H,48,54)(H,49,53)(H,50,56)(H,51,55). The monoisotopic (exact) mass is 797 g/mol. The molecule has 0 aliphatic heterocycles. The smallest absolute Gasteiger partial charge is 0.222 e. The van der Waals surface area contributed by atoms with Crippen LogP contribution >= 0.6 is 0 Å². The summed E-state index contributed by atoms with van der Waals surface area (Å²) < 4.78 is 0. The molecule has 15 heteroatoms. The Labute approximate surface area is 340 Å². The molecular weight excluding hydrogens is 713 g/mol. The third-order valence-corrected chi connectivity index (χ3v) is 10.0. The van der Waals surface area contributed by atoms with Crippen LogP contribution in [0.25, 0.3) is 0 Å². The zero-order valence-electron chi connectivity index (χ0n) is 36.4. The summed E-state index contributed by atoms with van der Waals surface area (Å²) in [4.78, 5) is 65.6. The van der Waals surface area contributed by atoms with Gasteiger partial charge in [0.2, 0.25) is 23.6 Å². The zero-order chi connectivity index (χ0) is 41.8. The number of rotatable bonds is 39. The molecule has 0 saturated carbocycles. The second-order valence-corrected chi connectivity index (χ2v) is 15.4. The lowest BCUT2D eigenvalue weighted by atomic mass is 10.0. The maximum absolute atomic E-state index is 13.6. The minimum atomic E-state index is -0.392. The van der Waals surface area contributed by atoms with Crippen molar-refractivity contribution in [2.45, 2.75) is 159 Å². The number of hydrogen-bond acceptors (Lipinski definition) is 11. The van der Waals surface area contributed by atoms with E-state index in [1.165, 1.54) is 6.92 Å². The normalized spacial score (nSPS) is 14.0. The van der Waals surface area contributed by atoms with E-state index < -0.39 is 6.04 Å². The summed E-state index contributed by atoms with van der Waals surface area (Å²) in [6.45, 7) is 5.80. The molecule has 0 saturated heterocycles. The molecule has 0 aromatic carbocycles. The summed E-state index contributed by atoms with van der Waals surface area (Å²) in [5, 5.41) is 31.5. The highest BCUT2D eigenvalue weighted by molar-refractivity contribution is 5.83. The maximum Gasteiger partial charge on any atom is 0.222 e. The first-order valence-electron chi connectivity index (χ1n) is 21.6. The maximum atomic E-state index is 13.6. The van der Waals surface area contributed by atoms with Crippen LogP contribution in [0, 0.1) is 0 Å². The quantitative estimate of drug-likeness (QED) is 0.0405. The van der Waals surface area contributed by atoms with Gasteiger partial charge in [-0.05, 0) is 146 Å². The van der Waals surface area contributed by atoms with Crippen molar-refractivity contribution in [1.29, 1.82) is 0 Å². The molecular formula is C41H84N10O5. The van der Waals surface area contributed by atoms with Crippen molar-refractivity contribution in [2.75, 3.05) is 75.0 Å². The molecule has 5 unspecified atom stereocenters. The summed E-state index contributed by atoms with van der Waals surface area (Å²) in [5.74, 6) is -0.632. The lowest BCUT2D eigenvalue weighted by Gasteiger charge is -2.25. The molecule has 0 aliphatic carbocycles. The van der Waals surface area contributed by atoms with Crippen molar-refractivity contribution in [2.24, 2.45) is 0 Å². The van der Waals surface area contributed by atoms with Gasteiger partial charge in [0.05, 0.1) is 0 Å². The van der Waals surface area contributed by atoms with Crippen molar-refractivity contribution in [3.8, 4) is 0 Å². The Kier molecular flexibility index (Phi) is 34.9. The van der Waals surface area contributed by atoms with Crippen LogP contribution in [-0.2, 0) is 24.0 Å². The predicted molar refractivity (Wildman–Crippen MR) is 229 cm³/mol. The third-order valence-electron chi connectivity index (χ3n) is 10.0.